The van der Waals surface area contributed by atoms with Gasteiger partial charge in [-0.3, -0.25) is 9.51 Å². The standard InChI is InChI=1S/C9H14N3O8P/c13-3-4-6(14)7(20-21(16,17)18)8(19-4)11-5-1-2-10-9(15)12-5/h1-2,4,6-8,13-14H,3H2,(H2,16,17,18)(H2,10,11,12,15)/t4-,6-,7+,8?/m1/s1. The van der Waals surface area contributed by atoms with E-state index < -0.39 is 44.7 Å². The molecule has 1 aliphatic rings. The van der Waals surface area contributed by atoms with Crippen LogP contribution >= 0.6 is 7.82 Å². The van der Waals surface area contributed by atoms with Crippen molar-refractivity contribution in [3.8, 4) is 0 Å². The molecule has 1 saturated heterocycles. The third-order valence-electron chi connectivity index (χ3n) is 2.75. The van der Waals surface area contributed by atoms with Gasteiger partial charge in [-0.2, -0.15) is 0 Å². The highest BCUT2D eigenvalue weighted by Crippen LogP contribution is 2.41. The Morgan fingerprint density at radius 1 is 1.52 bits per heavy atom. The Kier molecular flexibility index (Phi) is 4.74. The van der Waals surface area contributed by atoms with Crippen LogP contribution in [-0.2, 0) is 13.8 Å². The number of nitrogens with one attached hydrogen (secondary N) is 2. The summed E-state index contributed by atoms with van der Waals surface area (Å²) in [6.07, 6.45) is -3.99. The average Bonchev–Trinajstić information content (AvgIpc) is 2.65. The SMILES string of the molecule is O=c1nccc(NC2O[C@H](CO)[C@@H](O)[C@@H]2OP(=O)(O)O)[nH]1. The molecule has 4 atom stereocenters. The number of ether oxygens (including phenoxy) is 1. The molecule has 1 unspecified atom stereocenters. The highest BCUT2D eigenvalue weighted by atomic mass is 31.2. The number of phosphoric ester groups is 1. The van der Waals surface area contributed by atoms with E-state index in [-0.39, 0.29) is 5.82 Å². The molecular formula is C9H14N3O8P. The van der Waals surface area contributed by atoms with Crippen LogP contribution in [0.1, 0.15) is 0 Å². The molecule has 11 nitrogen and oxygen atoms in total. The molecule has 1 fully saturated rings. The van der Waals surface area contributed by atoms with E-state index >= 15 is 0 Å². The number of aliphatic hydroxyl groups excluding tert-OH is 2. The van der Waals surface area contributed by atoms with Gasteiger partial charge in [0.1, 0.15) is 24.1 Å². The summed E-state index contributed by atoms with van der Waals surface area (Å²) in [5.74, 6) is 0.144. The molecule has 1 aromatic heterocycles. The molecule has 21 heavy (non-hydrogen) atoms. The molecule has 6 N–H and O–H groups in total. The summed E-state index contributed by atoms with van der Waals surface area (Å²) in [6, 6.07) is 1.37. The first kappa shape index (κ1) is 16.0. The molecule has 0 bridgehead atoms. The maximum absolute atomic E-state index is 11.1. The van der Waals surface area contributed by atoms with Crippen molar-refractivity contribution in [1.82, 2.24) is 9.97 Å². The van der Waals surface area contributed by atoms with Gasteiger partial charge in [0.2, 0.25) is 0 Å². The molecule has 0 radical (unpaired) electrons. The average molecular weight is 323 g/mol. The lowest BCUT2D eigenvalue weighted by atomic mass is 10.1. The van der Waals surface area contributed by atoms with Crippen LogP contribution in [0.3, 0.4) is 0 Å². The van der Waals surface area contributed by atoms with Crippen LogP contribution in [0, 0.1) is 0 Å². The monoisotopic (exact) mass is 323 g/mol. The van der Waals surface area contributed by atoms with Crippen LogP contribution in [0.25, 0.3) is 0 Å². The first-order chi connectivity index (χ1) is 9.80. The van der Waals surface area contributed by atoms with Crippen molar-refractivity contribution in [3.63, 3.8) is 0 Å². The van der Waals surface area contributed by atoms with Gasteiger partial charge in [-0.05, 0) is 6.07 Å². The first-order valence-corrected chi connectivity index (χ1v) is 7.33. The Bertz CT molecular complexity index is 588. The number of phosphoric acid groups is 1. The fourth-order valence-electron chi connectivity index (χ4n) is 1.89. The molecule has 0 aromatic carbocycles. The zero-order valence-electron chi connectivity index (χ0n) is 10.5. The van der Waals surface area contributed by atoms with Gasteiger partial charge in [0.05, 0.1) is 6.61 Å². The van der Waals surface area contributed by atoms with Gasteiger partial charge in [-0.15, -0.1) is 0 Å². The zero-order valence-corrected chi connectivity index (χ0v) is 11.4. The molecule has 2 heterocycles. The second-order valence-corrected chi connectivity index (χ2v) is 5.45. The lowest BCUT2D eigenvalue weighted by molar-refractivity contribution is -0.0154. The Morgan fingerprint density at radius 2 is 2.24 bits per heavy atom. The van der Waals surface area contributed by atoms with Crippen LogP contribution in [0.2, 0.25) is 0 Å². The molecule has 0 saturated carbocycles. The molecule has 12 heteroatoms. The highest BCUT2D eigenvalue weighted by Gasteiger charge is 2.47. The summed E-state index contributed by atoms with van der Waals surface area (Å²) in [6.45, 7) is -0.576. The summed E-state index contributed by atoms with van der Waals surface area (Å²) >= 11 is 0. The van der Waals surface area contributed by atoms with Crippen molar-refractivity contribution in [1.29, 1.82) is 0 Å². The quantitative estimate of drug-likeness (QED) is 0.324. The maximum Gasteiger partial charge on any atom is 0.470 e. The Balaban J connectivity index is 2.18. The maximum atomic E-state index is 11.1. The predicted octanol–water partition coefficient (Wildman–Crippen LogP) is -2.26. The van der Waals surface area contributed by atoms with Crippen LogP contribution < -0.4 is 11.0 Å². The van der Waals surface area contributed by atoms with E-state index in [1.807, 2.05) is 0 Å². The molecule has 2 rings (SSSR count). The van der Waals surface area contributed by atoms with E-state index in [4.69, 9.17) is 19.6 Å². The van der Waals surface area contributed by atoms with Gasteiger partial charge in [0.15, 0.2) is 6.23 Å². The summed E-state index contributed by atoms with van der Waals surface area (Å²) in [4.78, 5) is 34.5. The second kappa shape index (κ2) is 6.20. The number of nitrogens with zero attached hydrogens (tertiary/aromatic N) is 1. The van der Waals surface area contributed by atoms with Gasteiger partial charge in [-0.1, -0.05) is 0 Å². The molecular weight excluding hydrogens is 309 g/mol. The second-order valence-electron chi connectivity index (χ2n) is 4.26. The first-order valence-electron chi connectivity index (χ1n) is 5.80. The number of rotatable bonds is 5. The number of H-pyrrole nitrogens is 1. The van der Waals surface area contributed by atoms with Crippen molar-refractivity contribution < 1.29 is 33.8 Å². The minimum absolute atomic E-state index is 0.144. The van der Waals surface area contributed by atoms with Gasteiger partial charge in [-0.25, -0.2) is 14.3 Å². The topological polar surface area (TPSA) is 174 Å². The van der Waals surface area contributed by atoms with Gasteiger partial charge in [0, 0.05) is 6.20 Å². The fourth-order valence-corrected chi connectivity index (χ4v) is 2.44. The number of hydrogen-bond acceptors (Lipinski definition) is 8. The van der Waals surface area contributed by atoms with Crippen molar-refractivity contribution >= 4 is 13.6 Å². The van der Waals surface area contributed by atoms with Crippen LogP contribution in [0.4, 0.5) is 5.82 Å². The lowest BCUT2D eigenvalue weighted by Gasteiger charge is -2.22. The number of aromatic amines is 1. The molecule has 0 amide bonds. The van der Waals surface area contributed by atoms with Gasteiger partial charge < -0.3 is 30.1 Å². The van der Waals surface area contributed by atoms with E-state index in [0.717, 1.165) is 0 Å². The van der Waals surface area contributed by atoms with E-state index in [1.165, 1.54) is 12.3 Å². The van der Waals surface area contributed by atoms with Crippen LogP contribution in [0.5, 0.6) is 0 Å². The Morgan fingerprint density at radius 3 is 2.81 bits per heavy atom. The minimum atomic E-state index is -4.89. The van der Waals surface area contributed by atoms with Crippen molar-refractivity contribution in [2.24, 2.45) is 0 Å². The zero-order chi connectivity index (χ0) is 15.6. The van der Waals surface area contributed by atoms with Crippen molar-refractivity contribution in [3.05, 3.63) is 22.7 Å². The smallest absolute Gasteiger partial charge is 0.394 e. The van der Waals surface area contributed by atoms with Gasteiger partial charge in [0.25, 0.3) is 0 Å². The molecule has 0 spiro atoms. The predicted molar refractivity (Wildman–Crippen MR) is 67.2 cm³/mol. The number of aliphatic hydroxyl groups is 2. The fraction of sp³-hybridized carbons (Fsp3) is 0.556. The third kappa shape index (κ3) is 4.08. The normalized spacial score (nSPS) is 29.5. The Labute approximate surface area is 117 Å². The van der Waals surface area contributed by atoms with Crippen LogP contribution in [-0.4, -0.2) is 61.1 Å². The summed E-state index contributed by atoms with van der Waals surface area (Å²) in [7, 11) is -4.89. The molecule has 1 aliphatic heterocycles. The summed E-state index contributed by atoms with van der Waals surface area (Å²) in [5.41, 5.74) is -0.648. The number of anilines is 1. The lowest BCUT2D eigenvalue weighted by Crippen LogP contribution is -2.38. The van der Waals surface area contributed by atoms with Crippen molar-refractivity contribution in [2.75, 3.05) is 11.9 Å². The summed E-state index contributed by atoms with van der Waals surface area (Å²) < 4.78 is 20.6. The molecule has 118 valence electrons. The third-order valence-corrected chi connectivity index (χ3v) is 3.27. The van der Waals surface area contributed by atoms with E-state index in [9.17, 15) is 14.5 Å². The van der Waals surface area contributed by atoms with E-state index in [1.54, 1.807) is 0 Å². The van der Waals surface area contributed by atoms with E-state index in [2.05, 4.69) is 19.8 Å². The highest BCUT2D eigenvalue weighted by molar-refractivity contribution is 7.46. The van der Waals surface area contributed by atoms with Crippen LogP contribution in [0.15, 0.2) is 17.1 Å². The van der Waals surface area contributed by atoms with Crippen molar-refractivity contribution in [2.45, 2.75) is 24.5 Å². The minimum Gasteiger partial charge on any atom is -0.394 e. The largest absolute Gasteiger partial charge is 0.470 e. The Hall–Kier alpha value is -1.33. The number of aromatic nitrogens is 2. The van der Waals surface area contributed by atoms with Gasteiger partial charge >= 0.3 is 13.5 Å². The molecule has 1 aromatic rings. The summed E-state index contributed by atoms with van der Waals surface area (Å²) in [5, 5.41) is 21.5. The molecule has 0 aliphatic carbocycles. The van der Waals surface area contributed by atoms with E-state index in [0.29, 0.717) is 0 Å². The number of hydrogen-bond donors (Lipinski definition) is 6.